The number of hydrogen-bond acceptors (Lipinski definition) is 2. The van der Waals surface area contributed by atoms with Gasteiger partial charge in [-0.15, -0.1) is 0 Å². The maximum atomic E-state index is 13.8. The molecule has 2 fully saturated rings. The molecule has 170 valence electrons. The molecule has 1 aromatic rings. The number of halogens is 4. The van der Waals surface area contributed by atoms with Crippen molar-refractivity contribution in [3.8, 4) is 0 Å². The lowest BCUT2D eigenvalue weighted by Gasteiger charge is -2.57. The molecule has 5 rings (SSSR count). The van der Waals surface area contributed by atoms with Crippen LogP contribution in [0.25, 0.3) is 0 Å². The molecular formula is C23H29F4N3O. The van der Waals surface area contributed by atoms with Crippen molar-refractivity contribution in [2.75, 3.05) is 25.0 Å². The third-order valence-electron chi connectivity index (χ3n) is 7.45. The number of nitrogens with one attached hydrogen (secondary N) is 2. The Morgan fingerprint density at radius 2 is 1.94 bits per heavy atom. The van der Waals surface area contributed by atoms with Crippen LogP contribution < -0.4 is 10.6 Å². The molecule has 1 saturated carbocycles. The molecule has 1 heterocycles. The van der Waals surface area contributed by atoms with Crippen molar-refractivity contribution >= 4 is 11.7 Å². The summed E-state index contributed by atoms with van der Waals surface area (Å²) in [6, 6.07) is 1.20. The topological polar surface area (TPSA) is 44.4 Å². The monoisotopic (exact) mass is 439 g/mol. The number of carbonyl (C=O) groups excluding carboxylic acids is 1. The number of piperidine rings is 1. The van der Waals surface area contributed by atoms with Gasteiger partial charge in [-0.25, -0.2) is 9.18 Å². The molecule has 4 nitrogen and oxygen atoms in total. The van der Waals surface area contributed by atoms with Crippen LogP contribution in [0, 0.1) is 23.1 Å². The van der Waals surface area contributed by atoms with E-state index >= 15 is 0 Å². The van der Waals surface area contributed by atoms with Crippen molar-refractivity contribution in [2.45, 2.75) is 51.7 Å². The number of benzene rings is 1. The largest absolute Gasteiger partial charge is 0.416 e. The van der Waals surface area contributed by atoms with Crippen LogP contribution in [0.3, 0.4) is 0 Å². The molecule has 0 aromatic heterocycles. The number of allylic oxidation sites excluding steroid dienone is 1. The fraction of sp³-hybridized carbons (Fsp3) is 0.609. The molecule has 2 bridgehead atoms. The Morgan fingerprint density at radius 1 is 1.23 bits per heavy atom. The summed E-state index contributed by atoms with van der Waals surface area (Å²) in [6.07, 6.45) is 1.78. The van der Waals surface area contributed by atoms with Crippen LogP contribution in [-0.4, -0.2) is 36.6 Å². The van der Waals surface area contributed by atoms with Crippen LogP contribution in [0.2, 0.25) is 0 Å². The summed E-state index contributed by atoms with van der Waals surface area (Å²) in [6.45, 7) is 7.38. The van der Waals surface area contributed by atoms with E-state index in [-0.39, 0.29) is 6.04 Å². The van der Waals surface area contributed by atoms with Crippen molar-refractivity contribution in [2.24, 2.45) is 17.3 Å². The predicted octanol–water partition coefficient (Wildman–Crippen LogP) is 5.42. The Balaban J connectivity index is 1.26. The Kier molecular flexibility index (Phi) is 5.79. The smallest absolute Gasteiger partial charge is 0.335 e. The van der Waals surface area contributed by atoms with Gasteiger partial charge in [0.2, 0.25) is 0 Å². The SMILES string of the molecule is CC1(C)[C@H]2CC=C(CN3CCC(NC(=O)Nc4cc(C(F)(F)F)ccc4F)CC3)[C@@H]1C2. The highest BCUT2D eigenvalue weighted by atomic mass is 19.4. The molecule has 0 radical (unpaired) electrons. The minimum atomic E-state index is -4.60. The average molecular weight is 439 g/mol. The molecule has 1 aliphatic heterocycles. The molecule has 0 spiro atoms. The van der Waals surface area contributed by atoms with Crippen LogP contribution >= 0.6 is 0 Å². The second-order valence-electron chi connectivity index (χ2n) is 9.66. The number of fused-ring (bicyclic) bond motifs is 1. The number of anilines is 1. The van der Waals surface area contributed by atoms with E-state index in [0.29, 0.717) is 29.5 Å². The molecule has 3 aliphatic carbocycles. The summed E-state index contributed by atoms with van der Waals surface area (Å²) in [7, 11) is 0. The Hall–Kier alpha value is -2.09. The molecule has 8 heteroatoms. The number of likely N-dealkylation sites (tertiary alicyclic amines) is 1. The highest BCUT2D eigenvalue weighted by Crippen LogP contribution is 2.59. The molecule has 2 amide bonds. The summed E-state index contributed by atoms with van der Waals surface area (Å²) in [5.74, 6) is 0.589. The van der Waals surface area contributed by atoms with Gasteiger partial charge in [0.1, 0.15) is 5.82 Å². The van der Waals surface area contributed by atoms with E-state index < -0.39 is 29.3 Å². The van der Waals surface area contributed by atoms with E-state index in [0.717, 1.165) is 38.4 Å². The van der Waals surface area contributed by atoms with Crippen molar-refractivity contribution in [1.82, 2.24) is 10.2 Å². The summed E-state index contributed by atoms with van der Waals surface area (Å²) in [4.78, 5) is 14.6. The summed E-state index contributed by atoms with van der Waals surface area (Å²) < 4.78 is 52.3. The molecule has 0 unspecified atom stereocenters. The lowest BCUT2D eigenvalue weighted by Crippen LogP contribution is -2.51. The predicted molar refractivity (Wildman–Crippen MR) is 111 cm³/mol. The first-order valence-electron chi connectivity index (χ1n) is 10.9. The average Bonchev–Trinajstić information content (AvgIpc) is 2.70. The maximum absolute atomic E-state index is 13.8. The number of hydrogen-bond donors (Lipinski definition) is 2. The molecule has 31 heavy (non-hydrogen) atoms. The van der Waals surface area contributed by atoms with Crippen molar-refractivity contribution in [3.05, 3.63) is 41.2 Å². The van der Waals surface area contributed by atoms with Crippen LogP contribution in [0.5, 0.6) is 0 Å². The molecule has 4 aliphatic rings. The molecule has 1 saturated heterocycles. The highest BCUT2D eigenvalue weighted by molar-refractivity contribution is 5.89. The number of nitrogens with zero attached hydrogens (tertiary/aromatic N) is 1. The molecule has 2 N–H and O–H groups in total. The van der Waals surface area contributed by atoms with Gasteiger partial charge < -0.3 is 10.6 Å². The van der Waals surface area contributed by atoms with Gasteiger partial charge >= 0.3 is 12.2 Å². The van der Waals surface area contributed by atoms with Gasteiger partial charge in [0, 0.05) is 25.7 Å². The summed E-state index contributed by atoms with van der Waals surface area (Å²) in [5.41, 5.74) is 0.461. The first-order chi connectivity index (χ1) is 14.5. The minimum absolute atomic E-state index is 0.0880. The van der Waals surface area contributed by atoms with Crippen LogP contribution in [-0.2, 0) is 6.18 Å². The quantitative estimate of drug-likeness (QED) is 0.486. The summed E-state index contributed by atoms with van der Waals surface area (Å²) in [5, 5.41) is 4.99. The second kappa shape index (κ2) is 8.11. The van der Waals surface area contributed by atoms with E-state index in [2.05, 4.69) is 35.5 Å². The first kappa shape index (κ1) is 22.1. The van der Waals surface area contributed by atoms with E-state index in [1.165, 1.54) is 18.4 Å². The lowest BCUT2D eigenvalue weighted by atomic mass is 9.49. The standard InChI is InChI=1S/C23H29F4N3O/c1-22(2)15-4-3-14(18(22)11-15)13-30-9-7-17(8-10-30)28-21(31)29-20-12-16(23(25,26)27)5-6-19(20)24/h3,5-6,12,15,17-18H,4,7-11,13H2,1-2H3,(H2,28,29,31)/t15-,18-/m0/s1. The number of amides is 2. The molecule has 2 atom stereocenters. The van der Waals surface area contributed by atoms with Gasteiger partial charge in [0.05, 0.1) is 11.3 Å². The van der Waals surface area contributed by atoms with E-state index in [1.807, 2.05) is 0 Å². The Labute approximate surface area is 180 Å². The third kappa shape index (κ3) is 4.59. The first-order valence-corrected chi connectivity index (χ1v) is 10.9. The van der Waals surface area contributed by atoms with Crippen LogP contribution in [0.4, 0.5) is 28.0 Å². The fourth-order valence-electron chi connectivity index (χ4n) is 5.29. The fourth-order valence-corrected chi connectivity index (χ4v) is 5.29. The van der Waals surface area contributed by atoms with Crippen molar-refractivity contribution < 1.29 is 22.4 Å². The highest BCUT2D eigenvalue weighted by Gasteiger charge is 2.51. The lowest BCUT2D eigenvalue weighted by molar-refractivity contribution is -0.137. The van der Waals surface area contributed by atoms with E-state index in [1.54, 1.807) is 0 Å². The van der Waals surface area contributed by atoms with Gasteiger partial charge in [-0.3, -0.25) is 4.90 Å². The van der Waals surface area contributed by atoms with Gasteiger partial charge in [-0.2, -0.15) is 13.2 Å². The minimum Gasteiger partial charge on any atom is -0.335 e. The third-order valence-corrected chi connectivity index (χ3v) is 7.45. The van der Waals surface area contributed by atoms with Gasteiger partial charge in [-0.1, -0.05) is 25.5 Å². The zero-order chi connectivity index (χ0) is 22.4. The number of alkyl halides is 3. The van der Waals surface area contributed by atoms with Gasteiger partial charge in [-0.05, 0) is 61.1 Å². The molecular weight excluding hydrogens is 410 g/mol. The number of urea groups is 1. The van der Waals surface area contributed by atoms with Crippen molar-refractivity contribution in [1.29, 1.82) is 0 Å². The van der Waals surface area contributed by atoms with E-state index in [4.69, 9.17) is 0 Å². The number of carbonyl (C=O) groups is 1. The van der Waals surface area contributed by atoms with Crippen molar-refractivity contribution in [3.63, 3.8) is 0 Å². The van der Waals surface area contributed by atoms with Crippen LogP contribution in [0.1, 0.15) is 45.1 Å². The number of rotatable bonds is 4. The maximum Gasteiger partial charge on any atom is 0.416 e. The van der Waals surface area contributed by atoms with Gasteiger partial charge in [0.15, 0.2) is 0 Å². The Morgan fingerprint density at radius 3 is 2.55 bits per heavy atom. The van der Waals surface area contributed by atoms with E-state index in [9.17, 15) is 22.4 Å². The summed E-state index contributed by atoms with van der Waals surface area (Å²) >= 11 is 0. The zero-order valence-electron chi connectivity index (χ0n) is 17.9. The second-order valence-corrected chi connectivity index (χ2v) is 9.66. The Bertz CT molecular complexity index is 872. The van der Waals surface area contributed by atoms with Gasteiger partial charge in [0.25, 0.3) is 0 Å². The zero-order valence-corrected chi connectivity index (χ0v) is 17.9. The normalized spacial score (nSPS) is 26.1. The van der Waals surface area contributed by atoms with Crippen LogP contribution in [0.15, 0.2) is 29.8 Å². The molecule has 1 aromatic carbocycles.